The summed E-state index contributed by atoms with van der Waals surface area (Å²) in [4.78, 5) is 29.0. The molecule has 0 saturated carbocycles. The summed E-state index contributed by atoms with van der Waals surface area (Å²) in [6.07, 6.45) is 2.02. The second kappa shape index (κ2) is 15.8. The van der Waals surface area contributed by atoms with Crippen LogP contribution in [0.5, 0.6) is 11.5 Å². The van der Waals surface area contributed by atoms with E-state index in [0.29, 0.717) is 35.0 Å². The number of carbonyl (C=O) groups excluding carboxylic acids is 2. The molecule has 0 radical (unpaired) electrons. The van der Waals surface area contributed by atoms with E-state index in [2.05, 4.69) is 5.32 Å². The largest absolute Gasteiger partial charge is 0.493 e. The zero-order valence-corrected chi connectivity index (χ0v) is 27.8. The Morgan fingerprint density at radius 2 is 1.59 bits per heavy atom. The third kappa shape index (κ3) is 8.45. The summed E-state index contributed by atoms with van der Waals surface area (Å²) < 4.78 is 40.3. The van der Waals surface area contributed by atoms with Gasteiger partial charge in [-0.3, -0.25) is 13.9 Å². The monoisotopic (exact) mass is 643 g/mol. The molecule has 0 aliphatic rings. The van der Waals surface area contributed by atoms with Crippen molar-refractivity contribution in [2.75, 3.05) is 31.6 Å². The van der Waals surface area contributed by atoms with Crippen molar-refractivity contribution in [3.8, 4) is 11.5 Å². The standard InChI is InChI=1S/C33H42ClN3O6S/c1-7-9-16-35-33(39)29(8-2)36(21-25-12-10-11-13-28(25)34)32(38)22-37(26-18-23(3)17-24(4)19-26)44(40,41)27-14-15-30(42-5)31(20-27)43-6/h10-15,17-20,29H,7-9,16,21-22H2,1-6H3,(H,35,39)/t29-/m0/s1. The Balaban J connectivity index is 2.12. The van der Waals surface area contributed by atoms with Crippen molar-refractivity contribution in [1.29, 1.82) is 0 Å². The fourth-order valence-corrected chi connectivity index (χ4v) is 6.57. The first-order valence-electron chi connectivity index (χ1n) is 14.6. The molecule has 3 aromatic carbocycles. The molecule has 0 unspecified atom stereocenters. The number of ether oxygens (including phenoxy) is 2. The van der Waals surface area contributed by atoms with Crippen LogP contribution in [0.3, 0.4) is 0 Å². The molecule has 0 saturated heterocycles. The predicted molar refractivity (Wildman–Crippen MR) is 174 cm³/mol. The number of sulfonamides is 1. The first-order valence-corrected chi connectivity index (χ1v) is 16.4. The van der Waals surface area contributed by atoms with Gasteiger partial charge in [0.05, 0.1) is 24.8 Å². The van der Waals surface area contributed by atoms with E-state index >= 15 is 0 Å². The van der Waals surface area contributed by atoms with Gasteiger partial charge in [0.25, 0.3) is 10.0 Å². The molecule has 1 atom stereocenters. The van der Waals surface area contributed by atoms with Gasteiger partial charge in [0.1, 0.15) is 12.6 Å². The molecule has 0 aliphatic heterocycles. The summed E-state index contributed by atoms with van der Waals surface area (Å²) in [5.41, 5.74) is 2.62. The van der Waals surface area contributed by atoms with Crippen LogP contribution < -0.4 is 19.1 Å². The van der Waals surface area contributed by atoms with Crippen LogP contribution in [0.1, 0.15) is 49.8 Å². The molecular formula is C33H42ClN3O6S. The molecule has 238 valence electrons. The van der Waals surface area contributed by atoms with Gasteiger partial charge in [-0.2, -0.15) is 0 Å². The minimum absolute atomic E-state index is 0.0231. The molecule has 1 N–H and O–H groups in total. The number of unbranched alkanes of at least 4 members (excludes halogenated alkanes) is 1. The quantitative estimate of drug-likeness (QED) is 0.207. The number of carbonyl (C=O) groups is 2. The lowest BCUT2D eigenvalue weighted by atomic mass is 10.1. The molecule has 44 heavy (non-hydrogen) atoms. The van der Waals surface area contributed by atoms with E-state index < -0.39 is 28.5 Å². The van der Waals surface area contributed by atoms with Crippen LogP contribution in [0.4, 0.5) is 5.69 Å². The Morgan fingerprint density at radius 1 is 0.932 bits per heavy atom. The zero-order valence-electron chi connectivity index (χ0n) is 26.2. The molecule has 0 spiro atoms. The van der Waals surface area contributed by atoms with E-state index in [0.717, 1.165) is 28.3 Å². The van der Waals surface area contributed by atoms with Crippen LogP contribution in [-0.2, 0) is 26.2 Å². The Morgan fingerprint density at radius 3 is 2.18 bits per heavy atom. The fourth-order valence-electron chi connectivity index (χ4n) is 4.96. The van der Waals surface area contributed by atoms with Crippen LogP contribution >= 0.6 is 11.6 Å². The van der Waals surface area contributed by atoms with Gasteiger partial charge < -0.3 is 19.7 Å². The summed E-state index contributed by atoms with van der Waals surface area (Å²) >= 11 is 6.48. The maximum absolute atomic E-state index is 14.3. The van der Waals surface area contributed by atoms with Crippen molar-refractivity contribution in [2.24, 2.45) is 0 Å². The van der Waals surface area contributed by atoms with Crippen molar-refractivity contribution < 1.29 is 27.5 Å². The van der Waals surface area contributed by atoms with E-state index in [4.69, 9.17) is 21.1 Å². The minimum atomic E-state index is -4.30. The molecule has 3 rings (SSSR count). The van der Waals surface area contributed by atoms with E-state index in [1.165, 1.54) is 37.3 Å². The number of halogens is 1. The first-order chi connectivity index (χ1) is 21.0. The molecule has 0 fully saturated rings. The van der Waals surface area contributed by atoms with E-state index in [1.54, 1.807) is 36.4 Å². The minimum Gasteiger partial charge on any atom is -0.493 e. The number of nitrogens with one attached hydrogen (secondary N) is 1. The van der Waals surface area contributed by atoms with E-state index in [-0.39, 0.29) is 23.1 Å². The summed E-state index contributed by atoms with van der Waals surface area (Å²) in [6, 6.07) is 15.9. The van der Waals surface area contributed by atoms with Gasteiger partial charge in [-0.1, -0.05) is 56.1 Å². The highest BCUT2D eigenvalue weighted by Gasteiger charge is 2.34. The molecule has 0 bridgehead atoms. The average Bonchev–Trinajstić information content (AvgIpc) is 2.99. The second-order valence-corrected chi connectivity index (χ2v) is 12.8. The van der Waals surface area contributed by atoms with Crippen molar-refractivity contribution in [3.05, 3.63) is 82.4 Å². The van der Waals surface area contributed by atoms with Crippen LogP contribution in [0.25, 0.3) is 0 Å². The SMILES string of the molecule is CCCCNC(=O)[C@H](CC)N(Cc1ccccc1Cl)C(=O)CN(c1cc(C)cc(C)c1)S(=O)(=O)c1ccc(OC)c(OC)c1. The number of aryl methyl sites for hydroxylation is 2. The average molecular weight is 644 g/mol. The van der Waals surface area contributed by atoms with Gasteiger partial charge in [-0.15, -0.1) is 0 Å². The predicted octanol–water partition coefficient (Wildman–Crippen LogP) is 5.89. The number of hydrogen-bond donors (Lipinski definition) is 1. The Kier molecular flexibility index (Phi) is 12.5. The molecule has 3 aromatic rings. The highest BCUT2D eigenvalue weighted by molar-refractivity contribution is 7.92. The Hall–Kier alpha value is -3.76. The highest BCUT2D eigenvalue weighted by Crippen LogP contribution is 2.33. The van der Waals surface area contributed by atoms with Gasteiger partial charge >= 0.3 is 0 Å². The molecule has 11 heteroatoms. The number of methoxy groups -OCH3 is 2. The number of nitrogens with zero attached hydrogens (tertiary/aromatic N) is 2. The lowest BCUT2D eigenvalue weighted by Crippen LogP contribution is -2.52. The third-order valence-electron chi connectivity index (χ3n) is 7.23. The summed E-state index contributed by atoms with van der Waals surface area (Å²) in [5, 5.41) is 3.37. The number of amides is 2. The Bertz CT molecular complexity index is 1540. The van der Waals surface area contributed by atoms with Crippen LogP contribution in [0, 0.1) is 13.8 Å². The van der Waals surface area contributed by atoms with Crippen molar-refractivity contribution in [1.82, 2.24) is 10.2 Å². The van der Waals surface area contributed by atoms with Gasteiger partial charge in [0, 0.05) is 24.2 Å². The molecule has 0 aliphatic carbocycles. The van der Waals surface area contributed by atoms with Crippen molar-refractivity contribution >= 4 is 39.1 Å². The number of benzene rings is 3. The summed E-state index contributed by atoms with van der Waals surface area (Å²) in [7, 11) is -1.42. The third-order valence-corrected chi connectivity index (χ3v) is 9.37. The number of rotatable bonds is 15. The fraction of sp³-hybridized carbons (Fsp3) is 0.394. The smallest absolute Gasteiger partial charge is 0.264 e. The maximum atomic E-state index is 14.3. The second-order valence-electron chi connectivity index (χ2n) is 10.6. The van der Waals surface area contributed by atoms with Gasteiger partial charge in [0.2, 0.25) is 11.8 Å². The van der Waals surface area contributed by atoms with Gasteiger partial charge in [0.15, 0.2) is 11.5 Å². The van der Waals surface area contributed by atoms with Gasteiger partial charge in [-0.25, -0.2) is 8.42 Å². The van der Waals surface area contributed by atoms with Crippen molar-refractivity contribution in [2.45, 2.75) is 64.4 Å². The normalized spacial score (nSPS) is 11.9. The van der Waals surface area contributed by atoms with E-state index in [1.807, 2.05) is 33.8 Å². The molecule has 2 amide bonds. The molecular weight excluding hydrogens is 602 g/mol. The molecule has 9 nitrogen and oxygen atoms in total. The van der Waals surface area contributed by atoms with E-state index in [9.17, 15) is 18.0 Å². The highest BCUT2D eigenvalue weighted by atomic mass is 35.5. The first kappa shape index (κ1) is 34.7. The van der Waals surface area contributed by atoms with Crippen LogP contribution in [-0.4, -0.2) is 58.5 Å². The number of hydrogen-bond acceptors (Lipinski definition) is 6. The summed E-state index contributed by atoms with van der Waals surface area (Å²) in [5.74, 6) is -0.255. The molecule has 0 heterocycles. The van der Waals surface area contributed by atoms with Crippen LogP contribution in [0.15, 0.2) is 65.6 Å². The molecule has 0 aromatic heterocycles. The zero-order chi connectivity index (χ0) is 32.4. The van der Waals surface area contributed by atoms with Gasteiger partial charge in [-0.05, 0) is 73.7 Å². The van der Waals surface area contributed by atoms with Crippen molar-refractivity contribution in [3.63, 3.8) is 0 Å². The lowest BCUT2D eigenvalue weighted by molar-refractivity contribution is -0.140. The summed E-state index contributed by atoms with van der Waals surface area (Å²) in [6.45, 7) is 7.50. The topological polar surface area (TPSA) is 105 Å². The maximum Gasteiger partial charge on any atom is 0.264 e. The lowest BCUT2D eigenvalue weighted by Gasteiger charge is -2.33. The van der Waals surface area contributed by atoms with Crippen LogP contribution in [0.2, 0.25) is 5.02 Å². The number of anilines is 1. The Labute approximate surface area is 266 Å².